The van der Waals surface area contributed by atoms with Crippen LogP contribution in [0.5, 0.6) is 0 Å². The first-order valence-electron chi connectivity index (χ1n) is 20.3. The van der Waals surface area contributed by atoms with Crippen LogP contribution in [-0.2, 0) is 0 Å². The molecule has 58 heavy (non-hydrogen) atoms. The van der Waals surface area contributed by atoms with Crippen LogP contribution in [0.25, 0.3) is 49.9 Å². The first-order chi connectivity index (χ1) is 28.6. The lowest BCUT2D eigenvalue weighted by Crippen LogP contribution is -2.22. The Hall–Kier alpha value is -7.16. The molecule has 0 saturated carbocycles. The molecule has 2 nitrogen and oxygen atoms in total. The third kappa shape index (κ3) is 5.18. The van der Waals surface area contributed by atoms with Gasteiger partial charge in [-0.15, -0.1) is 0 Å². The zero-order valence-corrected chi connectivity index (χ0v) is 32.9. The monoisotopic (exact) mass is 742 g/mol. The zero-order chi connectivity index (χ0) is 38.9. The van der Waals surface area contributed by atoms with Gasteiger partial charge in [0.1, 0.15) is 0 Å². The molecule has 2 aliphatic rings. The summed E-state index contributed by atoms with van der Waals surface area (Å²) < 4.78 is 0. The van der Waals surface area contributed by atoms with Gasteiger partial charge in [0.25, 0.3) is 0 Å². The van der Waals surface area contributed by atoms with E-state index in [2.05, 4.69) is 225 Å². The maximum absolute atomic E-state index is 2.55. The van der Waals surface area contributed by atoms with Gasteiger partial charge >= 0.3 is 0 Å². The van der Waals surface area contributed by atoms with Crippen LogP contribution in [0.3, 0.4) is 0 Å². The lowest BCUT2D eigenvalue weighted by atomic mass is 9.79. The maximum atomic E-state index is 2.55. The van der Waals surface area contributed by atoms with Crippen molar-refractivity contribution in [2.24, 2.45) is 0 Å². The fraction of sp³-hybridized carbons (Fsp3) is 0.0714. The van der Waals surface area contributed by atoms with E-state index in [1.807, 2.05) is 0 Å². The Kier molecular flexibility index (Phi) is 7.94. The van der Waals surface area contributed by atoms with Gasteiger partial charge in [0.2, 0.25) is 0 Å². The molecule has 11 rings (SSSR count). The summed E-state index contributed by atoms with van der Waals surface area (Å²) in [6.45, 7) is 6.71. The molecule has 1 aliphatic heterocycles. The quantitative estimate of drug-likeness (QED) is 0.157. The molecule has 0 spiro atoms. The molecule has 0 radical (unpaired) electrons. The van der Waals surface area contributed by atoms with Crippen LogP contribution in [0, 0.1) is 20.8 Å². The molecule has 1 aliphatic carbocycles. The summed E-state index contributed by atoms with van der Waals surface area (Å²) in [5, 5.41) is 5.12. The van der Waals surface area contributed by atoms with E-state index < -0.39 is 0 Å². The number of hydrogen-bond donors (Lipinski definition) is 0. The Morgan fingerprint density at radius 1 is 0.466 bits per heavy atom. The molecule has 9 aromatic rings. The van der Waals surface area contributed by atoms with Gasteiger partial charge in [-0.2, -0.15) is 0 Å². The minimum absolute atomic E-state index is 0.0626. The van der Waals surface area contributed by atoms with Gasteiger partial charge < -0.3 is 9.80 Å². The highest BCUT2D eigenvalue weighted by Gasteiger charge is 2.36. The standard InChI is InChI=1S/C56H42N2/c1-36-16-10-12-26-48(36)57(55-38(3)18-14-23-43(55)39-19-6-4-7-20-39)50-34-30-41-28-32-45-46-25-15-24-44(40-21-8-5-9-22-40)56(46)58(49-27-13-11-17-37(49)2)51-35-31-42-29-33-47(50)52(41)53(42)54(45)51/h4-35,45H,1-3H3. The number of anilines is 6. The molecular formula is C56H42N2. The number of nitrogens with zero attached hydrogens (tertiary/aromatic N) is 2. The Labute approximate surface area is 340 Å². The third-order valence-electron chi connectivity index (χ3n) is 12.4. The molecule has 1 atom stereocenters. The number of fused-ring (bicyclic) bond motifs is 2. The van der Waals surface area contributed by atoms with Crippen molar-refractivity contribution in [3.63, 3.8) is 0 Å². The van der Waals surface area contributed by atoms with Gasteiger partial charge in [0.15, 0.2) is 0 Å². The predicted molar refractivity (Wildman–Crippen MR) is 247 cm³/mol. The van der Waals surface area contributed by atoms with Crippen molar-refractivity contribution >= 4 is 61.7 Å². The van der Waals surface area contributed by atoms with Crippen molar-refractivity contribution in [1.82, 2.24) is 0 Å². The molecule has 0 aromatic heterocycles. The second-order valence-corrected chi connectivity index (χ2v) is 15.8. The van der Waals surface area contributed by atoms with Crippen molar-refractivity contribution in [1.29, 1.82) is 0 Å². The van der Waals surface area contributed by atoms with Crippen LogP contribution < -0.4 is 9.80 Å². The highest BCUT2D eigenvalue weighted by atomic mass is 15.2. The highest BCUT2D eigenvalue weighted by Crippen LogP contribution is 2.58. The zero-order valence-electron chi connectivity index (χ0n) is 32.9. The second-order valence-electron chi connectivity index (χ2n) is 15.8. The van der Waals surface area contributed by atoms with E-state index in [9.17, 15) is 0 Å². The molecule has 9 aromatic carbocycles. The van der Waals surface area contributed by atoms with Crippen LogP contribution >= 0.6 is 0 Å². The molecule has 0 N–H and O–H groups in total. The number of aryl methyl sites for hydroxylation is 3. The van der Waals surface area contributed by atoms with Gasteiger partial charge in [-0.25, -0.2) is 0 Å². The van der Waals surface area contributed by atoms with Gasteiger partial charge in [-0.05, 0) is 106 Å². The molecule has 0 fully saturated rings. The normalized spacial score (nSPS) is 13.8. The van der Waals surface area contributed by atoms with Gasteiger partial charge in [0, 0.05) is 33.8 Å². The molecule has 0 bridgehead atoms. The second kappa shape index (κ2) is 13.5. The maximum Gasteiger partial charge on any atom is 0.0581 e. The largest absolute Gasteiger partial charge is 0.309 e. The number of para-hydroxylation sites is 4. The summed E-state index contributed by atoms with van der Waals surface area (Å²) in [5.41, 5.74) is 19.7. The van der Waals surface area contributed by atoms with Gasteiger partial charge in [0.05, 0.1) is 22.7 Å². The lowest BCUT2D eigenvalue weighted by Gasteiger charge is -2.39. The molecule has 0 saturated heterocycles. The number of rotatable bonds is 6. The summed E-state index contributed by atoms with van der Waals surface area (Å²) in [7, 11) is 0. The van der Waals surface area contributed by atoms with E-state index in [0.29, 0.717) is 0 Å². The molecular weight excluding hydrogens is 701 g/mol. The van der Waals surface area contributed by atoms with Crippen molar-refractivity contribution in [2.75, 3.05) is 9.80 Å². The highest BCUT2D eigenvalue weighted by molar-refractivity contribution is 6.20. The van der Waals surface area contributed by atoms with Gasteiger partial charge in [-0.1, -0.05) is 170 Å². The van der Waals surface area contributed by atoms with Crippen molar-refractivity contribution in [2.45, 2.75) is 26.7 Å². The molecule has 1 unspecified atom stereocenters. The average Bonchev–Trinajstić information content (AvgIpc) is 3.45. The summed E-state index contributed by atoms with van der Waals surface area (Å²) >= 11 is 0. The summed E-state index contributed by atoms with van der Waals surface area (Å²) in [4.78, 5) is 5.08. The molecule has 276 valence electrons. The van der Waals surface area contributed by atoms with Gasteiger partial charge in [-0.3, -0.25) is 0 Å². The smallest absolute Gasteiger partial charge is 0.0581 e. The van der Waals surface area contributed by atoms with E-state index in [4.69, 9.17) is 0 Å². The van der Waals surface area contributed by atoms with E-state index >= 15 is 0 Å². The number of benzene rings is 9. The van der Waals surface area contributed by atoms with Crippen LogP contribution in [-0.4, -0.2) is 0 Å². The Morgan fingerprint density at radius 3 is 1.90 bits per heavy atom. The summed E-state index contributed by atoms with van der Waals surface area (Å²) in [5.74, 6) is 0.0626. The fourth-order valence-corrected chi connectivity index (χ4v) is 9.78. The van der Waals surface area contributed by atoms with Crippen LogP contribution in [0.15, 0.2) is 188 Å². The first kappa shape index (κ1) is 34.1. The van der Waals surface area contributed by atoms with E-state index in [-0.39, 0.29) is 5.92 Å². The first-order valence-corrected chi connectivity index (χ1v) is 20.3. The fourth-order valence-electron chi connectivity index (χ4n) is 9.78. The third-order valence-corrected chi connectivity index (χ3v) is 12.4. The summed E-state index contributed by atoms with van der Waals surface area (Å²) in [6, 6.07) is 67.1. The SMILES string of the molecule is Cc1ccccc1N1c2ccc3ccc4c(N(c5ccccc5C)c5c(C)cccc5-c5ccccc5)ccc5c4c3c2C(C=C5)c2cccc(-c3ccccc3)c21. The average molecular weight is 743 g/mol. The lowest BCUT2D eigenvalue weighted by molar-refractivity contribution is 0.993. The Bertz CT molecular complexity index is 3100. The van der Waals surface area contributed by atoms with E-state index in [0.717, 1.165) is 0 Å². The molecule has 1 heterocycles. The van der Waals surface area contributed by atoms with E-state index in [1.54, 1.807) is 0 Å². The Morgan fingerprint density at radius 2 is 1.12 bits per heavy atom. The molecule has 2 heteroatoms. The molecule has 0 amide bonds. The summed E-state index contributed by atoms with van der Waals surface area (Å²) in [6.07, 6.45) is 4.85. The van der Waals surface area contributed by atoms with Crippen LogP contribution in [0.2, 0.25) is 0 Å². The van der Waals surface area contributed by atoms with Crippen molar-refractivity contribution in [3.8, 4) is 22.3 Å². The van der Waals surface area contributed by atoms with Crippen molar-refractivity contribution in [3.05, 3.63) is 221 Å². The van der Waals surface area contributed by atoms with E-state index in [1.165, 1.54) is 111 Å². The number of allylic oxidation sites excluding steroid dienone is 1. The van der Waals surface area contributed by atoms with Crippen LogP contribution in [0.1, 0.15) is 39.3 Å². The minimum atomic E-state index is 0.0626. The Balaban J connectivity index is 1.24. The van der Waals surface area contributed by atoms with Crippen molar-refractivity contribution < 1.29 is 0 Å². The predicted octanol–water partition coefficient (Wildman–Crippen LogP) is 15.7. The van der Waals surface area contributed by atoms with Crippen LogP contribution in [0.4, 0.5) is 34.1 Å². The topological polar surface area (TPSA) is 6.48 Å². The minimum Gasteiger partial charge on any atom is -0.309 e. The number of hydrogen-bond acceptors (Lipinski definition) is 2.